The van der Waals surface area contributed by atoms with Crippen molar-refractivity contribution in [2.45, 2.75) is 33.3 Å². The second-order valence-electron chi connectivity index (χ2n) is 3.28. The van der Waals surface area contributed by atoms with Gasteiger partial charge >= 0.3 is 6.09 Å². The summed E-state index contributed by atoms with van der Waals surface area (Å²) in [5.74, 6) is 4.83. The third kappa shape index (κ3) is 4.15. The zero-order chi connectivity index (χ0) is 9.78. The third-order valence-electron chi connectivity index (χ3n) is 1.01. The molecule has 72 valence electrons. The molecule has 2 N–H and O–H groups in total. The zero-order valence-electron chi connectivity index (χ0n) is 7.96. The zero-order valence-corrected chi connectivity index (χ0v) is 7.96. The van der Waals surface area contributed by atoms with Crippen LogP contribution in [0.1, 0.15) is 27.7 Å². The topological polar surface area (TPSA) is 64.8 Å². The van der Waals surface area contributed by atoms with Gasteiger partial charge in [0, 0.05) is 0 Å². The van der Waals surface area contributed by atoms with E-state index in [4.69, 9.17) is 10.6 Å². The summed E-state index contributed by atoms with van der Waals surface area (Å²) in [5, 5.41) is 0.936. The number of hydrogen-bond donors (Lipinski definition) is 1. The van der Waals surface area contributed by atoms with Crippen LogP contribution in [0.25, 0.3) is 0 Å². The predicted molar refractivity (Wildman–Crippen MR) is 43.9 cm³/mol. The summed E-state index contributed by atoms with van der Waals surface area (Å²) in [6.45, 7) is 7.40. The average Bonchev–Trinajstić information content (AvgIpc) is 1.85. The van der Waals surface area contributed by atoms with Gasteiger partial charge in [-0.3, -0.25) is 0 Å². The van der Waals surface area contributed by atoms with Gasteiger partial charge in [-0.05, 0) is 27.7 Å². The SMILES string of the molecule is CCN(ON)C(=O)OC(C)(C)C. The number of ether oxygens (including phenoxy) is 1. The summed E-state index contributed by atoms with van der Waals surface area (Å²) in [6, 6.07) is 0. The highest BCUT2D eigenvalue weighted by Gasteiger charge is 2.21. The van der Waals surface area contributed by atoms with Gasteiger partial charge < -0.3 is 4.74 Å². The lowest BCUT2D eigenvalue weighted by Gasteiger charge is -2.23. The van der Waals surface area contributed by atoms with Crippen LogP contribution in [-0.4, -0.2) is 23.3 Å². The Balaban J connectivity index is 4.02. The molecule has 0 fully saturated rings. The molecule has 0 aromatic heterocycles. The first-order valence-electron chi connectivity index (χ1n) is 3.78. The van der Waals surface area contributed by atoms with E-state index in [1.807, 2.05) is 0 Å². The Morgan fingerprint density at radius 1 is 1.50 bits per heavy atom. The van der Waals surface area contributed by atoms with Crippen LogP contribution in [0.4, 0.5) is 4.79 Å². The Labute approximate surface area is 72.3 Å². The maximum atomic E-state index is 11.1. The molecular weight excluding hydrogens is 160 g/mol. The lowest BCUT2D eigenvalue weighted by Crippen LogP contribution is -2.38. The lowest BCUT2D eigenvalue weighted by atomic mass is 10.2. The molecule has 0 aliphatic rings. The van der Waals surface area contributed by atoms with Gasteiger partial charge in [-0.1, -0.05) is 0 Å². The smallest absolute Gasteiger partial charge is 0.435 e. The van der Waals surface area contributed by atoms with Crippen molar-refractivity contribution >= 4 is 6.09 Å². The molecule has 0 saturated heterocycles. The van der Waals surface area contributed by atoms with Gasteiger partial charge in [0.15, 0.2) is 0 Å². The Bertz CT molecular complexity index is 149. The van der Waals surface area contributed by atoms with E-state index in [0.29, 0.717) is 6.54 Å². The maximum Gasteiger partial charge on any atom is 0.435 e. The number of nitrogens with two attached hydrogens (primary N) is 1. The van der Waals surface area contributed by atoms with Crippen LogP contribution in [-0.2, 0) is 9.68 Å². The van der Waals surface area contributed by atoms with Gasteiger partial charge in [-0.2, -0.15) is 15.9 Å². The van der Waals surface area contributed by atoms with Crippen LogP contribution in [0, 0.1) is 0 Å². The highest BCUT2D eigenvalue weighted by atomic mass is 16.8. The van der Waals surface area contributed by atoms with Crippen LogP contribution < -0.4 is 5.90 Å². The fourth-order valence-corrected chi connectivity index (χ4v) is 0.560. The minimum atomic E-state index is -0.576. The molecule has 1 amide bonds. The molecule has 0 radical (unpaired) electrons. The highest BCUT2D eigenvalue weighted by Crippen LogP contribution is 2.09. The minimum Gasteiger partial charge on any atom is -0.442 e. The maximum absolute atomic E-state index is 11.1. The van der Waals surface area contributed by atoms with Crippen molar-refractivity contribution in [1.82, 2.24) is 5.06 Å². The number of carbonyl (C=O) groups is 1. The number of carbonyl (C=O) groups excluding carboxylic acids is 1. The van der Waals surface area contributed by atoms with Crippen molar-refractivity contribution in [2.24, 2.45) is 5.90 Å². The predicted octanol–water partition coefficient (Wildman–Crippen LogP) is 1.05. The molecule has 5 nitrogen and oxygen atoms in total. The molecule has 0 aliphatic heterocycles. The quantitative estimate of drug-likeness (QED) is 0.638. The van der Waals surface area contributed by atoms with Crippen molar-refractivity contribution in [1.29, 1.82) is 0 Å². The van der Waals surface area contributed by atoms with Crippen molar-refractivity contribution in [3.63, 3.8) is 0 Å². The molecule has 0 aromatic carbocycles. The fraction of sp³-hybridized carbons (Fsp3) is 0.857. The standard InChI is InChI=1S/C7H16N2O3/c1-5-9(12-8)6(10)11-7(2,3)4/h5,8H2,1-4H3. The molecule has 0 aromatic rings. The fourth-order valence-electron chi connectivity index (χ4n) is 0.560. The molecular formula is C7H16N2O3. The first kappa shape index (κ1) is 11.2. The molecule has 5 heteroatoms. The van der Waals surface area contributed by atoms with E-state index in [1.165, 1.54) is 0 Å². The Morgan fingerprint density at radius 2 is 2.00 bits per heavy atom. The normalized spacial score (nSPS) is 11.1. The van der Waals surface area contributed by atoms with Crippen LogP contribution in [0.3, 0.4) is 0 Å². The molecule has 0 rings (SSSR count). The summed E-state index contributed by atoms with van der Waals surface area (Å²) < 4.78 is 4.96. The van der Waals surface area contributed by atoms with Crippen LogP contribution in [0.5, 0.6) is 0 Å². The molecule has 0 atom stereocenters. The van der Waals surface area contributed by atoms with E-state index in [2.05, 4.69) is 4.94 Å². The van der Waals surface area contributed by atoms with Crippen LogP contribution >= 0.6 is 0 Å². The number of rotatable bonds is 2. The monoisotopic (exact) mass is 176 g/mol. The minimum absolute atomic E-state index is 0.353. The second-order valence-corrected chi connectivity index (χ2v) is 3.28. The van der Waals surface area contributed by atoms with Crippen LogP contribution in [0.15, 0.2) is 0 Å². The second kappa shape index (κ2) is 4.27. The van der Waals surface area contributed by atoms with E-state index in [9.17, 15) is 4.79 Å². The van der Waals surface area contributed by atoms with Crippen LogP contribution in [0.2, 0.25) is 0 Å². The Morgan fingerprint density at radius 3 is 2.25 bits per heavy atom. The molecule has 0 heterocycles. The summed E-state index contributed by atoms with van der Waals surface area (Å²) >= 11 is 0. The van der Waals surface area contributed by atoms with Gasteiger partial charge in [0.1, 0.15) is 5.60 Å². The number of nitrogens with zero attached hydrogens (tertiary/aromatic N) is 1. The third-order valence-corrected chi connectivity index (χ3v) is 1.01. The van der Waals surface area contributed by atoms with Gasteiger partial charge in [-0.15, -0.1) is 0 Å². The number of amides is 1. The van der Waals surface area contributed by atoms with Gasteiger partial charge in [0.05, 0.1) is 6.54 Å². The molecule has 0 aliphatic carbocycles. The number of hydrogen-bond acceptors (Lipinski definition) is 4. The van der Waals surface area contributed by atoms with Crippen molar-refractivity contribution in [3.8, 4) is 0 Å². The average molecular weight is 176 g/mol. The Kier molecular flexibility index (Phi) is 3.99. The van der Waals surface area contributed by atoms with Crippen molar-refractivity contribution in [3.05, 3.63) is 0 Å². The van der Waals surface area contributed by atoms with E-state index < -0.39 is 11.7 Å². The van der Waals surface area contributed by atoms with Crippen molar-refractivity contribution in [2.75, 3.05) is 6.54 Å². The van der Waals surface area contributed by atoms with E-state index in [0.717, 1.165) is 5.06 Å². The first-order chi connectivity index (χ1) is 5.40. The van der Waals surface area contributed by atoms with E-state index >= 15 is 0 Å². The van der Waals surface area contributed by atoms with E-state index in [-0.39, 0.29) is 0 Å². The van der Waals surface area contributed by atoms with Gasteiger partial charge in [-0.25, -0.2) is 4.79 Å². The molecule has 0 saturated carbocycles. The summed E-state index contributed by atoms with van der Waals surface area (Å²) in [6.07, 6.45) is -0.576. The Hall–Kier alpha value is -0.810. The lowest BCUT2D eigenvalue weighted by molar-refractivity contribution is -0.147. The van der Waals surface area contributed by atoms with Gasteiger partial charge in [0.25, 0.3) is 0 Å². The first-order valence-corrected chi connectivity index (χ1v) is 3.78. The largest absolute Gasteiger partial charge is 0.442 e. The molecule has 0 unspecified atom stereocenters. The molecule has 12 heavy (non-hydrogen) atoms. The highest BCUT2D eigenvalue weighted by molar-refractivity contribution is 5.66. The van der Waals surface area contributed by atoms with Crippen molar-refractivity contribution < 1.29 is 14.5 Å². The summed E-state index contributed by atoms with van der Waals surface area (Å²) in [4.78, 5) is 15.4. The molecule has 0 spiro atoms. The van der Waals surface area contributed by atoms with Gasteiger partial charge in [0.2, 0.25) is 0 Å². The summed E-state index contributed by atoms with van der Waals surface area (Å²) in [7, 11) is 0. The van der Waals surface area contributed by atoms with E-state index in [1.54, 1.807) is 27.7 Å². The molecule has 0 bridgehead atoms. The summed E-state index contributed by atoms with van der Waals surface area (Å²) in [5.41, 5.74) is -0.525. The number of hydroxylamine groups is 2.